The van der Waals surface area contributed by atoms with Crippen molar-refractivity contribution >= 4 is 24.8 Å². The first-order valence-electron chi connectivity index (χ1n) is 7.73. The molecule has 1 saturated heterocycles. The van der Waals surface area contributed by atoms with E-state index in [1.54, 1.807) is 0 Å². The number of nitrogens with one attached hydrogen (secondary N) is 1. The molecular formula is C17H30Cl2N2O. The zero-order chi connectivity index (χ0) is 14.6. The molecule has 0 spiro atoms. The van der Waals surface area contributed by atoms with Gasteiger partial charge in [0.25, 0.3) is 0 Å². The van der Waals surface area contributed by atoms with Crippen LogP contribution in [0.5, 0.6) is 5.75 Å². The van der Waals surface area contributed by atoms with Crippen molar-refractivity contribution in [3.63, 3.8) is 0 Å². The number of rotatable bonds is 4. The maximum Gasteiger partial charge on any atom is 0.120 e. The molecule has 1 aliphatic heterocycles. The van der Waals surface area contributed by atoms with Gasteiger partial charge in [0.2, 0.25) is 0 Å². The molecule has 1 atom stereocenters. The van der Waals surface area contributed by atoms with Gasteiger partial charge in [-0.1, -0.05) is 19.1 Å². The molecule has 0 aliphatic carbocycles. The van der Waals surface area contributed by atoms with Crippen molar-refractivity contribution in [1.82, 2.24) is 10.2 Å². The van der Waals surface area contributed by atoms with Crippen molar-refractivity contribution in [3.05, 3.63) is 29.8 Å². The first-order valence-corrected chi connectivity index (χ1v) is 7.73. The van der Waals surface area contributed by atoms with Crippen LogP contribution in [0, 0.1) is 0 Å². The predicted molar refractivity (Wildman–Crippen MR) is 98.8 cm³/mol. The first-order chi connectivity index (χ1) is 9.49. The van der Waals surface area contributed by atoms with Crippen LogP contribution in [0.25, 0.3) is 0 Å². The smallest absolute Gasteiger partial charge is 0.120 e. The van der Waals surface area contributed by atoms with Crippen LogP contribution >= 0.6 is 24.8 Å². The second-order valence-electron chi connectivity index (χ2n) is 6.49. The fourth-order valence-corrected chi connectivity index (χ4v) is 2.81. The van der Waals surface area contributed by atoms with Gasteiger partial charge in [0, 0.05) is 32.2 Å². The first kappa shape index (κ1) is 21.5. The number of ether oxygens (including phenoxy) is 1. The average Bonchev–Trinajstić information content (AvgIpc) is 2.41. The number of piperazine rings is 1. The quantitative estimate of drug-likeness (QED) is 0.887. The summed E-state index contributed by atoms with van der Waals surface area (Å²) >= 11 is 0. The van der Waals surface area contributed by atoms with Gasteiger partial charge in [0.15, 0.2) is 0 Å². The molecule has 2 rings (SSSR count). The maximum absolute atomic E-state index is 5.89. The van der Waals surface area contributed by atoms with Crippen LogP contribution in [0.15, 0.2) is 24.3 Å². The molecule has 0 aromatic heterocycles. The molecule has 5 heteroatoms. The van der Waals surface area contributed by atoms with E-state index in [1.807, 2.05) is 0 Å². The van der Waals surface area contributed by atoms with Gasteiger partial charge in [0.05, 0.1) is 0 Å². The molecule has 1 aromatic rings. The third-order valence-electron chi connectivity index (χ3n) is 3.67. The minimum atomic E-state index is -0.135. The summed E-state index contributed by atoms with van der Waals surface area (Å²) in [6.07, 6.45) is 1.15. The van der Waals surface area contributed by atoms with Crippen LogP contribution in [0.4, 0.5) is 0 Å². The van der Waals surface area contributed by atoms with E-state index in [1.165, 1.54) is 5.56 Å². The fourth-order valence-electron chi connectivity index (χ4n) is 2.81. The van der Waals surface area contributed by atoms with E-state index >= 15 is 0 Å². The van der Waals surface area contributed by atoms with Crippen LogP contribution in [-0.2, 0) is 0 Å². The molecule has 1 fully saturated rings. The Morgan fingerprint density at radius 3 is 2.09 bits per heavy atom. The third kappa shape index (κ3) is 6.33. The van der Waals surface area contributed by atoms with Crippen LogP contribution in [0.3, 0.4) is 0 Å². The van der Waals surface area contributed by atoms with Crippen molar-refractivity contribution in [2.45, 2.75) is 45.8 Å². The highest BCUT2D eigenvalue weighted by Crippen LogP contribution is 2.27. The normalized spacial score (nSPS) is 17.1. The topological polar surface area (TPSA) is 24.5 Å². The Hall–Kier alpha value is -0.480. The molecule has 0 amide bonds. The summed E-state index contributed by atoms with van der Waals surface area (Å²) in [5.41, 5.74) is 1.26. The highest BCUT2D eigenvalue weighted by atomic mass is 35.5. The Labute approximate surface area is 147 Å². The van der Waals surface area contributed by atoms with Crippen molar-refractivity contribution in [1.29, 1.82) is 0 Å². The van der Waals surface area contributed by atoms with Crippen LogP contribution in [-0.4, -0.2) is 36.7 Å². The van der Waals surface area contributed by atoms with Crippen molar-refractivity contribution in [2.24, 2.45) is 0 Å². The second kappa shape index (κ2) is 9.61. The zero-order valence-electron chi connectivity index (χ0n) is 14.1. The number of hydrogen-bond acceptors (Lipinski definition) is 3. The fraction of sp³-hybridized carbons (Fsp3) is 0.647. The van der Waals surface area contributed by atoms with Gasteiger partial charge in [-0.2, -0.15) is 0 Å². The van der Waals surface area contributed by atoms with Gasteiger partial charge in [-0.25, -0.2) is 0 Å². The largest absolute Gasteiger partial charge is 0.488 e. The van der Waals surface area contributed by atoms with Crippen molar-refractivity contribution in [2.75, 3.05) is 26.2 Å². The average molecular weight is 349 g/mol. The van der Waals surface area contributed by atoms with Gasteiger partial charge in [-0.05, 0) is 44.9 Å². The van der Waals surface area contributed by atoms with E-state index in [2.05, 4.69) is 62.2 Å². The predicted octanol–water partition coefficient (Wildman–Crippen LogP) is 4.06. The monoisotopic (exact) mass is 348 g/mol. The third-order valence-corrected chi connectivity index (χ3v) is 3.67. The van der Waals surface area contributed by atoms with Gasteiger partial charge in [-0.3, -0.25) is 4.90 Å². The maximum atomic E-state index is 5.89. The standard InChI is InChI=1S/C17H28N2O.2ClH/c1-5-16(19-12-10-18-11-13-19)14-6-8-15(9-7-14)20-17(2,3)4;;/h6-9,16,18H,5,10-13H2,1-4H3;2*1H/t16-;;/m0../s1. The van der Waals surface area contributed by atoms with Gasteiger partial charge < -0.3 is 10.1 Å². The van der Waals surface area contributed by atoms with Gasteiger partial charge in [-0.15, -0.1) is 24.8 Å². The summed E-state index contributed by atoms with van der Waals surface area (Å²) in [4.78, 5) is 2.58. The molecule has 1 aromatic carbocycles. The molecule has 1 heterocycles. The summed E-state index contributed by atoms with van der Waals surface area (Å²) in [5.74, 6) is 0.955. The van der Waals surface area contributed by atoms with E-state index in [-0.39, 0.29) is 30.4 Å². The minimum absolute atomic E-state index is 0. The lowest BCUT2D eigenvalue weighted by molar-refractivity contribution is 0.130. The van der Waals surface area contributed by atoms with Crippen molar-refractivity contribution in [3.8, 4) is 5.75 Å². The molecule has 3 nitrogen and oxygen atoms in total. The van der Waals surface area contributed by atoms with E-state index in [9.17, 15) is 0 Å². The Morgan fingerprint density at radius 2 is 1.64 bits per heavy atom. The summed E-state index contributed by atoms with van der Waals surface area (Å²) in [6.45, 7) is 13.0. The molecule has 1 N–H and O–H groups in total. The molecule has 0 unspecified atom stereocenters. The van der Waals surface area contributed by atoms with Gasteiger partial charge >= 0.3 is 0 Å². The number of hydrogen-bond donors (Lipinski definition) is 1. The Bertz CT molecular complexity index is 412. The van der Waals surface area contributed by atoms with Gasteiger partial charge in [0.1, 0.15) is 11.4 Å². The highest BCUT2D eigenvalue weighted by Gasteiger charge is 2.20. The zero-order valence-corrected chi connectivity index (χ0v) is 15.7. The number of nitrogens with zero attached hydrogens (tertiary/aromatic N) is 1. The highest BCUT2D eigenvalue weighted by molar-refractivity contribution is 5.85. The van der Waals surface area contributed by atoms with Crippen LogP contribution in [0.1, 0.15) is 45.7 Å². The molecule has 0 bridgehead atoms. The number of benzene rings is 1. The summed E-state index contributed by atoms with van der Waals surface area (Å²) in [7, 11) is 0. The minimum Gasteiger partial charge on any atom is -0.488 e. The molecule has 1 aliphatic rings. The summed E-state index contributed by atoms with van der Waals surface area (Å²) < 4.78 is 5.89. The van der Waals surface area contributed by atoms with Crippen LogP contribution < -0.4 is 10.1 Å². The molecule has 128 valence electrons. The van der Waals surface area contributed by atoms with E-state index in [4.69, 9.17) is 4.74 Å². The second-order valence-corrected chi connectivity index (χ2v) is 6.49. The van der Waals surface area contributed by atoms with Crippen molar-refractivity contribution < 1.29 is 4.74 Å². The molecular weight excluding hydrogens is 319 g/mol. The Morgan fingerprint density at radius 1 is 1.09 bits per heavy atom. The SMILES string of the molecule is CC[C@@H](c1ccc(OC(C)(C)C)cc1)N1CCNCC1.Cl.Cl. The molecule has 0 radical (unpaired) electrons. The summed E-state index contributed by atoms with van der Waals surface area (Å²) in [5, 5.41) is 3.42. The van der Waals surface area contributed by atoms with Crippen LogP contribution in [0.2, 0.25) is 0 Å². The Kier molecular flexibility index (Phi) is 9.40. The number of halogens is 2. The lowest BCUT2D eigenvalue weighted by Gasteiger charge is -2.34. The molecule has 0 saturated carbocycles. The molecule has 22 heavy (non-hydrogen) atoms. The Balaban J connectivity index is 0.00000220. The van der Waals surface area contributed by atoms with E-state index in [0.717, 1.165) is 38.3 Å². The summed E-state index contributed by atoms with van der Waals surface area (Å²) in [6, 6.07) is 9.17. The lowest BCUT2D eigenvalue weighted by atomic mass is 10.0. The lowest BCUT2D eigenvalue weighted by Crippen LogP contribution is -2.45. The van der Waals surface area contributed by atoms with E-state index in [0.29, 0.717) is 6.04 Å². The van der Waals surface area contributed by atoms with E-state index < -0.39 is 0 Å².